The molecule has 1 aliphatic heterocycles. The monoisotopic (exact) mass is 291 g/mol. The molecule has 1 amide bonds. The number of rotatable bonds is 1. The van der Waals surface area contributed by atoms with Gasteiger partial charge in [-0.2, -0.15) is 0 Å². The minimum atomic E-state index is -0.983. The average molecular weight is 291 g/mol. The highest BCUT2D eigenvalue weighted by molar-refractivity contribution is 5.68. The van der Waals surface area contributed by atoms with Gasteiger partial charge in [-0.15, -0.1) is 0 Å². The molecule has 116 valence electrons. The second-order valence-corrected chi connectivity index (χ2v) is 6.90. The van der Waals surface area contributed by atoms with Gasteiger partial charge >= 0.3 is 6.09 Å². The van der Waals surface area contributed by atoms with Crippen LogP contribution in [0.5, 0.6) is 0 Å². The van der Waals surface area contributed by atoms with Crippen LogP contribution < -0.4 is 0 Å². The van der Waals surface area contributed by atoms with Crippen LogP contribution in [0.4, 0.5) is 4.79 Å². The number of piperidine rings is 1. The maximum Gasteiger partial charge on any atom is 0.410 e. The van der Waals surface area contributed by atoms with Gasteiger partial charge in [-0.3, -0.25) is 0 Å². The zero-order valence-corrected chi connectivity index (χ0v) is 13.3. The van der Waals surface area contributed by atoms with Crippen LogP contribution in [-0.4, -0.2) is 34.8 Å². The number of ether oxygens (including phenoxy) is 1. The Labute approximate surface area is 126 Å². The van der Waals surface area contributed by atoms with E-state index in [1.165, 1.54) is 0 Å². The van der Waals surface area contributed by atoms with Crippen molar-refractivity contribution in [2.45, 2.75) is 51.7 Å². The van der Waals surface area contributed by atoms with E-state index in [0.717, 1.165) is 17.5 Å². The lowest BCUT2D eigenvalue weighted by molar-refractivity contribution is -0.0465. The number of carbonyl (C=O) groups excluding carboxylic acids is 1. The summed E-state index contributed by atoms with van der Waals surface area (Å²) in [4.78, 5) is 13.8. The first kappa shape index (κ1) is 15.8. The van der Waals surface area contributed by atoms with E-state index in [9.17, 15) is 9.90 Å². The third kappa shape index (κ3) is 3.97. The minimum Gasteiger partial charge on any atom is -0.444 e. The molecule has 0 bridgehead atoms. The minimum absolute atomic E-state index is 0.283. The first-order valence-corrected chi connectivity index (χ1v) is 7.47. The molecule has 0 spiro atoms. The van der Waals surface area contributed by atoms with Crippen molar-refractivity contribution in [2.24, 2.45) is 0 Å². The molecule has 21 heavy (non-hydrogen) atoms. The number of hydrogen-bond acceptors (Lipinski definition) is 3. The smallest absolute Gasteiger partial charge is 0.410 e. The molecule has 4 heteroatoms. The molecule has 1 saturated heterocycles. The summed E-state index contributed by atoms with van der Waals surface area (Å²) in [5.74, 6) is 0. The van der Waals surface area contributed by atoms with Gasteiger partial charge in [-0.25, -0.2) is 4.79 Å². The van der Waals surface area contributed by atoms with Crippen LogP contribution in [0.1, 0.15) is 44.7 Å². The third-order valence-electron chi connectivity index (χ3n) is 3.71. The van der Waals surface area contributed by atoms with E-state index >= 15 is 0 Å². The fourth-order valence-corrected chi connectivity index (χ4v) is 2.62. The van der Waals surface area contributed by atoms with Crippen molar-refractivity contribution in [1.29, 1.82) is 0 Å². The highest BCUT2D eigenvalue weighted by Crippen LogP contribution is 2.32. The van der Waals surface area contributed by atoms with Gasteiger partial charge in [0.25, 0.3) is 0 Å². The molecular formula is C17H25NO3. The molecule has 1 aliphatic rings. The van der Waals surface area contributed by atoms with Crippen molar-refractivity contribution in [1.82, 2.24) is 4.90 Å². The van der Waals surface area contributed by atoms with Crippen LogP contribution in [0.25, 0.3) is 0 Å². The molecule has 1 N–H and O–H groups in total. The maximum atomic E-state index is 12.2. The molecule has 1 atom stereocenters. The highest BCUT2D eigenvalue weighted by Gasteiger charge is 2.38. The Morgan fingerprint density at radius 3 is 2.48 bits per heavy atom. The van der Waals surface area contributed by atoms with Gasteiger partial charge < -0.3 is 14.7 Å². The van der Waals surface area contributed by atoms with E-state index in [1.54, 1.807) is 4.90 Å². The number of aliphatic hydroxyl groups is 1. The van der Waals surface area contributed by atoms with Crippen molar-refractivity contribution in [3.63, 3.8) is 0 Å². The summed E-state index contributed by atoms with van der Waals surface area (Å²) in [6.07, 6.45) is 1.08. The highest BCUT2D eigenvalue weighted by atomic mass is 16.6. The van der Waals surface area contributed by atoms with Crippen LogP contribution >= 0.6 is 0 Å². The summed E-state index contributed by atoms with van der Waals surface area (Å²) < 4.78 is 5.40. The molecule has 0 aromatic heterocycles. The van der Waals surface area contributed by atoms with Gasteiger partial charge in [-0.1, -0.05) is 29.8 Å². The third-order valence-corrected chi connectivity index (χ3v) is 3.71. The molecule has 2 rings (SSSR count). The number of likely N-dealkylation sites (tertiary alicyclic amines) is 1. The predicted molar refractivity (Wildman–Crippen MR) is 82.1 cm³/mol. The second kappa shape index (κ2) is 5.68. The Morgan fingerprint density at radius 1 is 1.29 bits per heavy atom. The molecule has 1 aromatic carbocycles. The van der Waals surface area contributed by atoms with Gasteiger partial charge in [0.2, 0.25) is 0 Å². The van der Waals surface area contributed by atoms with Crippen molar-refractivity contribution < 1.29 is 14.6 Å². The zero-order chi connectivity index (χ0) is 15.7. The SMILES string of the molecule is Cc1ccc(C2(O)CCCN(C(=O)OC(C)(C)C)C2)cc1. The number of carbonyl (C=O) groups is 1. The second-order valence-electron chi connectivity index (χ2n) is 6.90. The fourth-order valence-electron chi connectivity index (χ4n) is 2.62. The average Bonchev–Trinajstić information content (AvgIpc) is 2.37. The predicted octanol–water partition coefficient (Wildman–Crippen LogP) is 3.21. The molecule has 1 fully saturated rings. The summed E-state index contributed by atoms with van der Waals surface area (Å²) in [7, 11) is 0. The first-order valence-electron chi connectivity index (χ1n) is 7.47. The number of amides is 1. The lowest BCUT2D eigenvalue weighted by Gasteiger charge is -2.40. The Bertz CT molecular complexity index is 504. The molecular weight excluding hydrogens is 266 g/mol. The molecule has 4 nitrogen and oxygen atoms in total. The van der Waals surface area contributed by atoms with Crippen molar-refractivity contribution >= 4 is 6.09 Å². The summed E-state index contributed by atoms with van der Waals surface area (Å²) in [6, 6.07) is 7.85. The standard InChI is InChI=1S/C17H25NO3/c1-13-6-8-14(9-7-13)17(20)10-5-11-18(12-17)15(19)21-16(2,3)4/h6-9,20H,5,10-12H2,1-4H3. The Kier molecular flexibility index (Phi) is 4.28. The lowest BCUT2D eigenvalue weighted by atomic mass is 9.85. The van der Waals surface area contributed by atoms with Crippen LogP contribution in [-0.2, 0) is 10.3 Å². The summed E-state index contributed by atoms with van der Waals surface area (Å²) >= 11 is 0. The number of hydrogen-bond donors (Lipinski definition) is 1. The summed E-state index contributed by atoms with van der Waals surface area (Å²) in [6.45, 7) is 8.47. The molecule has 0 saturated carbocycles. The van der Waals surface area contributed by atoms with Gasteiger partial charge in [0.15, 0.2) is 0 Å². The van der Waals surface area contributed by atoms with Crippen LogP contribution in [0.2, 0.25) is 0 Å². The summed E-state index contributed by atoms with van der Waals surface area (Å²) in [5, 5.41) is 10.9. The van der Waals surface area contributed by atoms with Gasteiger partial charge in [0.05, 0.1) is 6.54 Å². The molecule has 0 aliphatic carbocycles. The lowest BCUT2D eigenvalue weighted by Crippen LogP contribution is -2.49. The Balaban J connectivity index is 2.12. The van der Waals surface area contributed by atoms with E-state index in [4.69, 9.17) is 4.74 Å². The number of aryl methyl sites for hydroxylation is 1. The molecule has 0 radical (unpaired) electrons. The van der Waals surface area contributed by atoms with E-state index < -0.39 is 11.2 Å². The number of β-amino-alcohol motifs (C(OH)–C–C–N with tert-alkyl or cyclic N) is 1. The molecule has 1 unspecified atom stereocenters. The Morgan fingerprint density at radius 2 is 1.90 bits per heavy atom. The normalized spacial score (nSPS) is 23.0. The van der Waals surface area contributed by atoms with Gasteiger partial charge in [0, 0.05) is 6.54 Å². The largest absolute Gasteiger partial charge is 0.444 e. The van der Waals surface area contributed by atoms with Crippen molar-refractivity contribution in [3.05, 3.63) is 35.4 Å². The van der Waals surface area contributed by atoms with Crippen LogP contribution in [0, 0.1) is 6.92 Å². The Hall–Kier alpha value is -1.55. The van der Waals surface area contributed by atoms with E-state index in [-0.39, 0.29) is 12.6 Å². The zero-order valence-electron chi connectivity index (χ0n) is 13.3. The van der Waals surface area contributed by atoms with Crippen LogP contribution in [0.15, 0.2) is 24.3 Å². The molecule has 1 heterocycles. The number of benzene rings is 1. The topological polar surface area (TPSA) is 49.8 Å². The van der Waals surface area contributed by atoms with E-state index in [1.807, 2.05) is 52.0 Å². The molecule has 1 aromatic rings. The number of nitrogens with zero attached hydrogens (tertiary/aromatic N) is 1. The maximum absolute atomic E-state index is 12.2. The summed E-state index contributed by atoms with van der Waals surface area (Å²) in [5.41, 5.74) is 0.517. The van der Waals surface area contributed by atoms with E-state index in [0.29, 0.717) is 13.0 Å². The first-order chi connectivity index (χ1) is 9.70. The quantitative estimate of drug-likeness (QED) is 0.864. The van der Waals surface area contributed by atoms with Gasteiger partial charge in [-0.05, 0) is 46.1 Å². The van der Waals surface area contributed by atoms with E-state index in [2.05, 4.69) is 0 Å². The van der Waals surface area contributed by atoms with Crippen LogP contribution in [0.3, 0.4) is 0 Å². The van der Waals surface area contributed by atoms with Gasteiger partial charge in [0.1, 0.15) is 11.2 Å². The van der Waals surface area contributed by atoms with Crippen molar-refractivity contribution in [2.75, 3.05) is 13.1 Å². The fraction of sp³-hybridized carbons (Fsp3) is 0.588. The van der Waals surface area contributed by atoms with Crippen molar-refractivity contribution in [3.8, 4) is 0 Å².